The Labute approximate surface area is 71.8 Å². The van der Waals surface area contributed by atoms with E-state index in [2.05, 4.69) is 11.3 Å². The molecule has 0 atom stereocenters. The highest BCUT2D eigenvalue weighted by atomic mass is 32.2. The Morgan fingerprint density at radius 1 is 1.42 bits per heavy atom. The van der Waals surface area contributed by atoms with Crippen LogP contribution in [0.1, 0.15) is 0 Å². The van der Waals surface area contributed by atoms with Crippen LogP contribution in [-0.2, 0) is 10.0 Å². The van der Waals surface area contributed by atoms with Gasteiger partial charge in [-0.2, -0.15) is 0 Å². The molecule has 0 rings (SSSR count). The molecule has 5 nitrogen and oxygen atoms in total. The van der Waals surface area contributed by atoms with Crippen LogP contribution in [0.5, 0.6) is 0 Å². The first-order valence-electron chi connectivity index (χ1n) is 3.33. The number of rotatable bonds is 6. The summed E-state index contributed by atoms with van der Waals surface area (Å²) in [6, 6.07) is -0.949. The van der Waals surface area contributed by atoms with E-state index in [4.69, 9.17) is 10.2 Å². The second-order valence-corrected chi connectivity index (χ2v) is 3.87. The molecule has 0 aliphatic carbocycles. The van der Waals surface area contributed by atoms with Crippen molar-refractivity contribution >= 4 is 10.0 Å². The fourth-order valence-electron chi connectivity index (χ4n) is 0.543. The molecule has 0 aromatic rings. The molecule has 0 unspecified atom stereocenters. The maximum Gasteiger partial charge on any atom is 0.0760 e. The van der Waals surface area contributed by atoms with Crippen molar-refractivity contribution in [2.24, 2.45) is 0 Å². The number of aliphatic hydroxyl groups is 2. The van der Waals surface area contributed by atoms with Gasteiger partial charge in [0.15, 0.2) is 0 Å². The van der Waals surface area contributed by atoms with Gasteiger partial charge in [-0.1, -0.05) is 12.1 Å². The molecule has 0 aromatic carbocycles. The van der Waals surface area contributed by atoms with Crippen LogP contribution in [0.3, 0.4) is 0 Å². The number of aliphatic hydroxyl groups excluding tert-OH is 2. The SMILES string of the molecule is C=CCS(=O)(=O)[N-]C(CO)CO. The van der Waals surface area contributed by atoms with Gasteiger partial charge in [0.25, 0.3) is 0 Å². The third kappa shape index (κ3) is 4.45. The molecule has 0 aliphatic rings. The van der Waals surface area contributed by atoms with Gasteiger partial charge < -0.3 is 14.9 Å². The summed E-state index contributed by atoms with van der Waals surface area (Å²) in [5, 5.41) is 17.0. The molecule has 12 heavy (non-hydrogen) atoms. The summed E-state index contributed by atoms with van der Waals surface area (Å²) in [7, 11) is -3.57. The third-order valence-corrected chi connectivity index (χ3v) is 2.34. The molecule has 0 spiro atoms. The van der Waals surface area contributed by atoms with Gasteiger partial charge in [0.2, 0.25) is 0 Å². The van der Waals surface area contributed by atoms with Gasteiger partial charge >= 0.3 is 0 Å². The Morgan fingerprint density at radius 2 is 1.92 bits per heavy atom. The van der Waals surface area contributed by atoms with Crippen molar-refractivity contribution in [1.82, 2.24) is 0 Å². The largest absolute Gasteiger partial charge is 0.542 e. The van der Waals surface area contributed by atoms with E-state index < -0.39 is 29.3 Å². The van der Waals surface area contributed by atoms with E-state index in [-0.39, 0.29) is 5.75 Å². The molecule has 2 N–H and O–H groups in total. The minimum atomic E-state index is -3.57. The first-order valence-corrected chi connectivity index (χ1v) is 4.94. The summed E-state index contributed by atoms with van der Waals surface area (Å²) in [5.41, 5.74) is 0. The molecule has 72 valence electrons. The Morgan fingerprint density at radius 3 is 2.25 bits per heavy atom. The van der Waals surface area contributed by atoms with Gasteiger partial charge in [-0.15, -0.1) is 6.58 Å². The maximum absolute atomic E-state index is 10.9. The Balaban J connectivity index is 4.12. The van der Waals surface area contributed by atoms with Crippen LogP contribution in [0.4, 0.5) is 0 Å². The van der Waals surface area contributed by atoms with Crippen LogP contribution in [-0.4, -0.2) is 43.6 Å². The van der Waals surface area contributed by atoms with Crippen LogP contribution in [0.2, 0.25) is 0 Å². The molecular formula is C6H12NO4S-. The number of hydrogen-bond acceptors (Lipinski definition) is 4. The topological polar surface area (TPSA) is 88.7 Å². The first-order chi connectivity index (χ1) is 5.55. The molecule has 0 fully saturated rings. The highest BCUT2D eigenvalue weighted by Gasteiger charge is 2.01. The van der Waals surface area contributed by atoms with Crippen molar-refractivity contribution in [1.29, 1.82) is 0 Å². The zero-order valence-electron chi connectivity index (χ0n) is 6.55. The molecule has 0 saturated heterocycles. The quantitative estimate of drug-likeness (QED) is 0.543. The van der Waals surface area contributed by atoms with Crippen LogP contribution >= 0.6 is 0 Å². The number of nitrogens with zero attached hydrogens (tertiary/aromatic N) is 1. The zero-order valence-corrected chi connectivity index (χ0v) is 7.37. The van der Waals surface area contributed by atoms with Crippen molar-refractivity contribution in [2.45, 2.75) is 6.04 Å². The highest BCUT2D eigenvalue weighted by Crippen LogP contribution is 2.08. The molecule has 0 aromatic heterocycles. The summed E-state index contributed by atoms with van der Waals surface area (Å²) in [5.74, 6) is -0.274. The minimum Gasteiger partial charge on any atom is -0.542 e. The first kappa shape index (κ1) is 11.6. The monoisotopic (exact) mass is 194 g/mol. The predicted molar refractivity (Wildman–Crippen MR) is 45.3 cm³/mol. The normalized spacial score (nSPS) is 11.9. The lowest BCUT2D eigenvalue weighted by Crippen LogP contribution is -2.21. The van der Waals surface area contributed by atoms with Crippen molar-refractivity contribution in [2.75, 3.05) is 19.0 Å². The molecule has 0 amide bonds. The molecule has 0 aliphatic heterocycles. The lowest BCUT2D eigenvalue weighted by Gasteiger charge is -2.26. The summed E-state index contributed by atoms with van der Waals surface area (Å²) in [6.45, 7) is 2.28. The minimum absolute atomic E-state index is 0.274. The van der Waals surface area contributed by atoms with E-state index in [1.165, 1.54) is 6.08 Å². The molecular weight excluding hydrogens is 182 g/mol. The smallest absolute Gasteiger partial charge is 0.0760 e. The van der Waals surface area contributed by atoms with Gasteiger partial charge in [0.05, 0.1) is 15.8 Å². The summed E-state index contributed by atoms with van der Waals surface area (Å²) in [4.78, 5) is 0. The molecule has 6 heteroatoms. The van der Waals surface area contributed by atoms with Gasteiger partial charge in [-0.3, -0.25) is 0 Å². The summed E-state index contributed by atoms with van der Waals surface area (Å²) >= 11 is 0. The van der Waals surface area contributed by atoms with E-state index in [1.54, 1.807) is 0 Å². The lowest BCUT2D eigenvalue weighted by atomic mass is 10.4. The van der Waals surface area contributed by atoms with E-state index in [0.29, 0.717) is 0 Å². The lowest BCUT2D eigenvalue weighted by molar-refractivity contribution is 0.210. The highest BCUT2D eigenvalue weighted by molar-refractivity contribution is 7.94. The Kier molecular flexibility index (Phi) is 5.07. The van der Waals surface area contributed by atoms with Crippen molar-refractivity contribution in [3.8, 4) is 0 Å². The zero-order chi connectivity index (χ0) is 9.61. The molecule has 0 saturated carbocycles. The summed E-state index contributed by atoms with van der Waals surface area (Å²) < 4.78 is 25.0. The van der Waals surface area contributed by atoms with Gasteiger partial charge in [0.1, 0.15) is 0 Å². The van der Waals surface area contributed by atoms with Crippen LogP contribution < -0.4 is 0 Å². The van der Waals surface area contributed by atoms with Gasteiger partial charge in [-0.25, -0.2) is 8.42 Å². The van der Waals surface area contributed by atoms with Crippen molar-refractivity contribution in [3.63, 3.8) is 0 Å². The van der Waals surface area contributed by atoms with Crippen LogP contribution in [0.15, 0.2) is 12.7 Å². The second-order valence-electron chi connectivity index (χ2n) is 2.16. The fourth-order valence-corrected chi connectivity index (χ4v) is 1.51. The Bertz CT molecular complexity index is 220. The third-order valence-electron chi connectivity index (χ3n) is 1.06. The van der Waals surface area contributed by atoms with E-state index >= 15 is 0 Å². The van der Waals surface area contributed by atoms with E-state index in [1.807, 2.05) is 0 Å². The average Bonchev–Trinajstić information content (AvgIpc) is 2.00. The molecule has 0 radical (unpaired) electrons. The molecule has 0 bridgehead atoms. The summed E-state index contributed by atoms with van der Waals surface area (Å²) in [6.07, 6.45) is 1.20. The predicted octanol–water partition coefficient (Wildman–Crippen LogP) is -0.771. The van der Waals surface area contributed by atoms with Crippen molar-refractivity contribution in [3.05, 3.63) is 17.4 Å². The number of hydrogen-bond donors (Lipinski definition) is 2. The van der Waals surface area contributed by atoms with Crippen LogP contribution in [0.25, 0.3) is 4.72 Å². The fraction of sp³-hybridized carbons (Fsp3) is 0.667. The average molecular weight is 194 g/mol. The maximum atomic E-state index is 10.9. The van der Waals surface area contributed by atoms with E-state index in [9.17, 15) is 8.42 Å². The van der Waals surface area contributed by atoms with Gasteiger partial charge in [0, 0.05) is 13.2 Å². The van der Waals surface area contributed by atoms with Crippen molar-refractivity contribution < 1.29 is 18.6 Å². The van der Waals surface area contributed by atoms with Gasteiger partial charge in [-0.05, 0) is 0 Å². The van der Waals surface area contributed by atoms with Crippen LogP contribution in [0, 0.1) is 0 Å². The second kappa shape index (κ2) is 5.26. The Hall–Kier alpha value is -0.430. The van der Waals surface area contributed by atoms with E-state index in [0.717, 1.165) is 0 Å². The number of sulfonamides is 1. The molecule has 0 heterocycles. The standard InChI is InChI=1S/C6H12NO4S/c1-2-3-12(10,11)7-6(4-8)5-9/h2,6,8-9H,1,3-5H2/q-1.